The Balaban J connectivity index is 2.53. The number of phosphoric ester groups is 1. The van der Waals surface area contributed by atoms with Crippen LogP contribution in [0.5, 0.6) is 0 Å². The van der Waals surface area contributed by atoms with Crippen molar-refractivity contribution in [2.75, 3.05) is 53.1 Å². The van der Waals surface area contributed by atoms with Crippen molar-refractivity contribution in [3.8, 4) is 6.07 Å². The molecule has 0 amide bonds. The molecule has 0 bridgehead atoms. The summed E-state index contributed by atoms with van der Waals surface area (Å²) in [5.74, 6) is -0.748. The van der Waals surface area contributed by atoms with Crippen LogP contribution in [0.3, 0.4) is 0 Å². The maximum atomic E-state index is 13.7. The number of likely N-dealkylation sites (tertiary alicyclic amines) is 1. The minimum Gasteiger partial charge on any atom is -0.462 e. The van der Waals surface area contributed by atoms with Gasteiger partial charge in [-0.3, -0.25) is 23.2 Å². The number of esters is 2. The number of phosphoric acid groups is 1. The van der Waals surface area contributed by atoms with Gasteiger partial charge < -0.3 is 14.0 Å². The molecule has 1 saturated heterocycles. The lowest BCUT2D eigenvalue weighted by Crippen LogP contribution is -2.49. The molecular formula is C46H88N2O8P+. The minimum atomic E-state index is -4.08. The highest BCUT2D eigenvalue weighted by Gasteiger charge is 2.32. The molecule has 1 aliphatic rings. The van der Waals surface area contributed by atoms with E-state index in [2.05, 4.69) is 20.9 Å². The SMILES string of the molecule is CCCCCCCCCCCCCCCC(=O)OCC(COP(=O)(OCCC#N)OCC[N+]1(C)CCCCC1)OC(=O)CCCCCCCCCCCCCCC. The van der Waals surface area contributed by atoms with E-state index in [1.165, 1.54) is 135 Å². The molecule has 57 heavy (non-hydrogen) atoms. The molecule has 1 heterocycles. The number of rotatable bonds is 41. The van der Waals surface area contributed by atoms with E-state index in [-0.39, 0.29) is 45.2 Å². The summed E-state index contributed by atoms with van der Waals surface area (Å²) >= 11 is 0. The molecule has 0 aliphatic carbocycles. The Morgan fingerprint density at radius 1 is 0.579 bits per heavy atom. The average Bonchev–Trinajstić information content (AvgIpc) is 3.19. The molecular weight excluding hydrogens is 739 g/mol. The zero-order chi connectivity index (χ0) is 41.6. The van der Waals surface area contributed by atoms with E-state index in [0.29, 0.717) is 13.0 Å². The van der Waals surface area contributed by atoms with Gasteiger partial charge in [-0.05, 0) is 32.1 Å². The van der Waals surface area contributed by atoms with Crippen molar-refractivity contribution in [1.82, 2.24) is 0 Å². The Labute approximate surface area is 350 Å². The number of carbonyl (C=O) groups excluding carboxylic acids is 2. The largest absolute Gasteiger partial charge is 0.475 e. The van der Waals surface area contributed by atoms with E-state index >= 15 is 0 Å². The Morgan fingerprint density at radius 2 is 1.00 bits per heavy atom. The van der Waals surface area contributed by atoms with Crippen molar-refractivity contribution in [1.29, 1.82) is 5.26 Å². The van der Waals surface area contributed by atoms with Crippen molar-refractivity contribution >= 4 is 19.8 Å². The number of nitrogens with zero attached hydrogens (tertiary/aromatic N) is 2. The van der Waals surface area contributed by atoms with Gasteiger partial charge in [0.25, 0.3) is 0 Å². The third-order valence-electron chi connectivity index (χ3n) is 11.4. The lowest BCUT2D eigenvalue weighted by atomic mass is 10.0. The number of hydrogen-bond acceptors (Lipinski definition) is 9. The normalized spacial score (nSPS) is 15.5. The number of ether oxygens (including phenoxy) is 2. The van der Waals surface area contributed by atoms with Gasteiger partial charge in [-0.15, -0.1) is 0 Å². The summed E-state index contributed by atoms with van der Waals surface area (Å²) in [5.41, 5.74) is 0. The van der Waals surface area contributed by atoms with Crippen LogP contribution in [0.4, 0.5) is 0 Å². The van der Waals surface area contributed by atoms with Crippen molar-refractivity contribution in [2.24, 2.45) is 0 Å². The summed E-state index contributed by atoms with van der Waals surface area (Å²) in [6, 6.07) is 1.99. The molecule has 2 atom stereocenters. The first-order valence-corrected chi connectivity index (χ1v) is 25.3. The van der Waals surface area contributed by atoms with Crippen molar-refractivity contribution in [3.05, 3.63) is 0 Å². The van der Waals surface area contributed by atoms with Crippen molar-refractivity contribution < 1.29 is 41.7 Å². The quantitative estimate of drug-likeness (QED) is 0.0257. The molecule has 0 radical (unpaired) electrons. The second-order valence-corrected chi connectivity index (χ2v) is 18.6. The summed E-state index contributed by atoms with van der Waals surface area (Å²) in [6.07, 6.45) is 34.9. The maximum Gasteiger partial charge on any atom is 0.475 e. The van der Waals surface area contributed by atoms with Crippen LogP contribution in [0.15, 0.2) is 0 Å². The van der Waals surface area contributed by atoms with E-state index in [4.69, 9.17) is 28.3 Å². The fourth-order valence-corrected chi connectivity index (χ4v) is 8.75. The molecule has 1 rings (SSSR count). The molecule has 334 valence electrons. The molecule has 0 saturated carbocycles. The second kappa shape index (κ2) is 37.5. The molecule has 0 aromatic rings. The van der Waals surface area contributed by atoms with Gasteiger partial charge in [-0.1, -0.05) is 168 Å². The number of quaternary nitrogens is 1. The highest BCUT2D eigenvalue weighted by molar-refractivity contribution is 7.48. The Bertz CT molecular complexity index is 1050. The molecule has 11 heteroatoms. The predicted molar refractivity (Wildman–Crippen MR) is 232 cm³/mol. The van der Waals surface area contributed by atoms with Gasteiger partial charge in [-0.25, -0.2) is 4.57 Å². The summed E-state index contributed by atoms with van der Waals surface area (Å²) in [7, 11) is -1.91. The van der Waals surface area contributed by atoms with E-state index in [1.807, 2.05) is 6.07 Å². The first-order valence-electron chi connectivity index (χ1n) is 23.8. The predicted octanol–water partition coefficient (Wildman–Crippen LogP) is 13.1. The van der Waals surface area contributed by atoms with Crippen LogP contribution in [0.2, 0.25) is 0 Å². The smallest absolute Gasteiger partial charge is 0.462 e. The monoisotopic (exact) mass is 828 g/mol. The van der Waals surface area contributed by atoms with Crippen LogP contribution >= 0.6 is 7.82 Å². The fourth-order valence-electron chi connectivity index (χ4n) is 7.55. The third-order valence-corrected chi connectivity index (χ3v) is 12.8. The molecule has 1 fully saturated rings. The number of unbranched alkanes of at least 4 members (excludes halogenated alkanes) is 24. The lowest BCUT2D eigenvalue weighted by molar-refractivity contribution is -0.914. The highest BCUT2D eigenvalue weighted by atomic mass is 31.2. The standard InChI is InChI=1S/C46H88N2O8P/c1-4-6-8-10-12-14-16-18-20-22-24-26-29-34-45(49)52-42-44(56-46(50)35-30-27-25-23-21-19-17-15-13-11-9-7-5-2)43-55-57(51,53-40-33-36-47)54-41-39-48(3)37-31-28-32-38-48/h44H,4-35,37-43H2,1-3H3/q+1. The summed E-state index contributed by atoms with van der Waals surface area (Å²) in [5, 5.41) is 9.04. The first-order chi connectivity index (χ1) is 27.8. The molecule has 0 spiro atoms. The van der Waals surface area contributed by atoms with E-state index in [0.717, 1.165) is 68.9 Å². The Kier molecular flexibility index (Phi) is 35.2. The zero-order valence-corrected chi connectivity index (χ0v) is 38.2. The topological polar surface area (TPSA) is 121 Å². The number of piperidine rings is 1. The Morgan fingerprint density at radius 3 is 1.46 bits per heavy atom. The zero-order valence-electron chi connectivity index (χ0n) is 37.3. The molecule has 2 unspecified atom stereocenters. The van der Waals surface area contributed by atoms with Crippen molar-refractivity contribution in [3.63, 3.8) is 0 Å². The fraction of sp³-hybridized carbons (Fsp3) is 0.935. The van der Waals surface area contributed by atoms with Gasteiger partial charge in [-0.2, -0.15) is 5.26 Å². The van der Waals surface area contributed by atoms with Crippen LogP contribution in [0.1, 0.15) is 219 Å². The van der Waals surface area contributed by atoms with Gasteiger partial charge in [0.2, 0.25) is 0 Å². The summed E-state index contributed by atoms with van der Waals surface area (Å²) < 4.78 is 42.8. The summed E-state index contributed by atoms with van der Waals surface area (Å²) in [6.45, 7) is 6.77. The van der Waals surface area contributed by atoms with Crippen LogP contribution in [-0.2, 0) is 37.2 Å². The molecule has 10 nitrogen and oxygen atoms in total. The first kappa shape index (κ1) is 53.5. The van der Waals surface area contributed by atoms with Crippen LogP contribution < -0.4 is 0 Å². The van der Waals surface area contributed by atoms with Crippen LogP contribution in [0, 0.1) is 11.3 Å². The molecule has 0 aromatic carbocycles. The van der Waals surface area contributed by atoms with Gasteiger partial charge in [0.05, 0.1) is 45.8 Å². The highest BCUT2D eigenvalue weighted by Crippen LogP contribution is 2.49. The number of carbonyl (C=O) groups is 2. The third kappa shape index (κ3) is 33.0. The summed E-state index contributed by atoms with van der Waals surface area (Å²) in [4.78, 5) is 25.6. The van der Waals surface area contributed by atoms with Gasteiger partial charge in [0, 0.05) is 12.8 Å². The van der Waals surface area contributed by atoms with Crippen molar-refractivity contribution in [2.45, 2.75) is 225 Å². The number of hydrogen-bond donors (Lipinski definition) is 0. The molecule has 0 aromatic heterocycles. The van der Waals surface area contributed by atoms with E-state index in [1.54, 1.807) is 0 Å². The Hall–Kier alpha value is -1.50. The van der Waals surface area contributed by atoms with Gasteiger partial charge in [0.1, 0.15) is 19.8 Å². The maximum absolute atomic E-state index is 13.7. The van der Waals surface area contributed by atoms with E-state index < -0.39 is 19.9 Å². The van der Waals surface area contributed by atoms with Gasteiger partial charge >= 0.3 is 19.8 Å². The lowest BCUT2D eigenvalue weighted by Gasteiger charge is -2.37. The van der Waals surface area contributed by atoms with Crippen LogP contribution in [0.25, 0.3) is 0 Å². The molecule has 1 aliphatic heterocycles. The number of likely N-dealkylation sites (N-methyl/N-ethyl adjacent to an activating group) is 1. The number of nitriles is 1. The van der Waals surface area contributed by atoms with Crippen LogP contribution in [-0.4, -0.2) is 75.6 Å². The minimum absolute atomic E-state index is 0.0266. The molecule has 0 N–H and O–H groups in total. The van der Waals surface area contributed by atoms with E-state index in [9.17, 15) is 14.2 Å². The van der Waals surface area contributed by atoms with Gasteiger partial charge in [0.15, 0.2) is 6.10 Å². The average molecular weight is 828 g/mol. The second-order valence-electron chi connectivity index (χ2n) is 16.9.